The van der Waals surface area contributed by atoms with Crippen molar-refractivity contribution in [3.05, 3.63) is 11.8 Å². The summed E-state index contributed by atoms with van der Waals surface area (Å²) in [5.41, 5.74) is 1.04. The number of carbonyl (C=O) groups excluding carboxylic acids is 1. The van der Waals surface area contributed by atoms with Gasteiger partial charge >= 0.3 is 0 Å². The molecule has 2 N–H and O–H groups in total. The van der Waals surface area contributed by atoms with E-state index < -0.39 is 0 Å². The number of hydrogen-bond acceptors (Lipinski definition) is 3. The number of nitrogens with one attached hydrogen (secondary N) is 2. The minimum atomic E-state index is 0.112. The second-order valence-corrected chi connectivity index (χ2v) is 5.46. The molecule has 0 aromatic carbocycles. The highest BCUT2D eigenvalue weighted by molar-refractivity contribution is 5.91. The number of amides is 1. The third-order valence-corrected chi connectivity index (χ3v) is 3.68. The van der Waals surface area contributed by atoms with Crippen LogP contribution in [0.25, 0.3) is 0 Å². The lowest BCUT2D eigenvalue weighted by Gasteiger charge is -2.26. The second kappa shape index (κ2) is 6.19. The van der Waals surface area contributed by atoms with E-state index in [1.807, 2.05) is 13.1 Å². The summed E-state index contributed by atoms with van der Waals surface area (Å²) in [6, 6.07) is 2.40. The van der Waals surface area contributed by atoms with E-state index in [4.69, 9.17) is 0 Å². The molecule has 1 saturated heterocycles. The highest BCUT2D eigenvalue weighted by Gasteiger charge is 2.25. The second-order valence-electron chi connectivity index (χ2n) is 5.46. The first-order valence-corrected chi connectivity index (χ1v) is 7.17. The molecule has 2 atom stereocenters. The van der Waals surface area contributed by atoms with Crippen LogP contribution in [0.5, 0.6) is 0 Å². The van der Waals surface area contributed by atoms with E-state index >= 15 is 0 Å². The van der Waals surface area contributed by atoms with Gasteiger partial charge in [0.2, 0.25) is 5.91 Å². The molecule has 1 aliphatic rings. The molecule has 0 radical (unpaired) electrons. The molecule has 0 aliphatic carbocycles. The predicted octanol–water partition coefficient (Wildman–Crippen LogP) is 1.70. The monoisotopic (exact) mass is 264 g/mol. The predicted molar refractivity (Wildman–Crippen MR) is 76.0 cm³/mol. The highest BCUT2D eigenvalue weighted by Crippen LogP contribution is 2.19. The number of carbonyl (C=O) groups is 1. The molecule has 5 nitrogen and oxygen atoms in total. The van der Waals surface area contributed by atoms with E-state index in [-0.39, 0.29) is 11.8 Å². The molecule has 2 heterocycles. The maximum Gasteiger partial charge on any atom is 0.228 e. The van der Waals surface area contributed by atoms with Crippen LogP contribution in [0.15, 0.2) is 6.07 Å². The molecule has 0 spiro atoms. The van der Waals surface area contributed by atoms with Crippen molar-refractivity contribution in [3.8, 4) is 0 Å². The fourth-order valence-electron chi connectivity index (χ4n) is 2.62. The van der Waals surface area contributed by atoms with Gasteiger partial charge in [-0.25, -0.2) is 0 Å². The quantitative estimate of drug-likeness (QED) is 0.870. The average Bonchev–Trinajstić information content (AvgIpc) is 2.70. The summed E-state index contributed by atoms with van der Waals surface area (Å²) in [7, 11) is 1.87. The molecule has 0 saturated carbocycles. The van der Waals surface area contributed by atoms with Gasteiger partial charge in [-0.05, 0) is 32.7 Å². The van der Waals surface area contributed by atoms with Gasteiger partial charge in [0.15, 0.2) is 0 Å². The van der Waals surface area contributed by atoms with Crippen LogP contribution < -0.4 is 10.6 Å². The van der Waals surface area contributed by atoms with Gasteiger partial charge in [0.05, 0.1) is 5.69 Å². The van der Waals surface area contributed by atoms with E-state index in [1.54, 1.807) is 4.68 Å². The first-order valence-electron chi connectivity index (χ1n) is 7.17. The number of aromatic nitrogens is 2. The fraction of sp³-hybridized carbons (Fsp3) is 0.714. The summed E-state index contributed by atoms with van der Waals surface area (Å²) < 4.78 is 1.76. The maximum atomic E-state index is 12.3. The summed E-state index contributed by atoms with van der Waals surface area (Å²) in [5.74, 6) is 1.04. The van der Waals surface area contributed by atoms with Gasteiger partial charge in [0.1, 0.15) is 5.82 Å². The van der Waals surface area contributed by atoms with Gasteiger partial charge in [0.25, 0.3) is 0 Å². The van der Waals surface area contributed by atoms with E-state index in [2.05, 4.69) is 29.6 Å². The minimum Gasteiger partial charge on any atom is -0.314 e. The molecule has 1 aromatic rings. The van der Waals surface area contributed by atoms with Crippen molar-refractivity contribution in [2.45, 2.75) is 45.6 Å². The number of piperidine rings is 1. The number of anilines is 1. The molecule has 19 heavy (non-hydrogen) atoms. The van der Waals surface area contributed by atoms with Crippen molar-refractivity contribution >= 4 is 11.7 Å². The Morgan fingerprint density at radius 2 is 2.42 bits per heavy atom. The zero-order valence-corrected chi connectivity index (χ0v) is 12.1. The SMILES string of the molecule is CCCc1cc(NC(=O)[C@H]2CCN[C@@H](C)C2)n(C)n1. The van der Waals surface area contributed by atoms with Crippen LogP contribution in [0.2, 0.25) is 0 Å². The third kappa shape index (κ3) is 3.56. The molecular formula is C14H24N4O. The molecule has 106 valence electrons. The topological polar surface area (TPSA) is 59.0 Å². The Kier molecular flexibility index (Phi) is 4.58. The van der Waals surface area contributed by atoms with Crippen molar-refractivity contribution in [1.82, 2.24) is 15.1 Å². The molecule has 5 heteroatoms. The lowest BCUT2D eigenvalue weighted by atomic mass is 9.92. The standard InChI is InChI=1S/C14H24N4O/c1-4-5-12-9-13(18(3)17-12)16-14(19)11-6-7-15-10(2)8-11/h9-11,15H,4-8H2,1-3H3,(H,16,19)/t10-,11-/m0/s1. The highest BCUT2D eigenvalue weighted by atomic mass is 16.2. The van der Waals surface area contributed by atoms with E-state index in [0.717, 1.165) is 43.7 Å². The van der Waals surface area contributed by atoms with Gasteiger partial charge in [-0.1, -0.05) is 13.3 Å². The summed E-state index contributed by atoms with van der Waals surface area (Å²) in [5, 5.41) is 10.8. The maximum absolute atomic E-state index is 12.3. The Morgan fingerprint density at radius 3 is 3.11 bits per heavy atom. The average molecular weight is 264 g/mol. The van der Waals surface area contributed by atoms with Crippen LogP contribution in [0.1, 0.15) is 38.8 Å². The van der Waals surface area contributed by atoms with Crippen molar-refractivity contribution in [2.75, 3.05) is 11.9 Å². The van der Waals surface area contributed by atoms with Crippen molar-refractivity contribution in [2.24, 2.45) is 13.0 Å². The molecule has 0 bridgehead atoms. The van der Waals surface area contributed by atoms with Crippen molar-refractivity contribution < 1.29 is 4.79 Å². The van der Waals surface area contributed by atoms with Crippen LogP contribution in [-0.4, -0.2) is 28.3 Å². The summed E-state index contributed by atoms with van der Waals surface area (Å²) in [6.07, 6.45) is 3.84. The summed E-state index contributed by atoms with van der Waals surface area (Å²) in [4.78, 5) is 12.3. The van der Waals surface area contributed by atoms with Crippen molar-refractivity contribution in [3.63, 3.8) is 0 Å². The number of nitrogens with zero attached hydrogens (tertiary/aromatic N) is 2. The van der Waals surface area contributed by atoms with Crippen LogP contribution in [0.3, 0.4) is 0 Å². The Morgan fingerprint density at radius 1 is 1.63 bits per heavy atom. The van der Waals surface area contributed by atoms with Gasteiger partial charge in [0, 0.05) is 25.1 Å². The smallest absolute Gasteiger partial charge is 0.228 e. The molecule has 1 fully saturated rings. The molecule has 0 unspecified atom stereocenters. The Bertz CT molecular complexity index is 441. The van der Waals surface area contributed by atoms with Crippen LogP contribution in [0.4, 0.5) is 5.82 Å². The number of rotatable bonds is 4. The fourth-order valence-corrected chi connectivity index (χ4v) is 2.62. The number of aryl methyl sites for hydroxylation is 2. The molecular weight excluding hydrogens is 240 g/mol. The summed E-state index contributed by atoms with van der Waals surface area (Å²) >= 11 is 0. The van der Waals surface area contributed by atoms with Crippen molar-refractivity contribution in [1.29, 1.82) is 0 Å². The lowest BCUT2D eigenvalue weighted by molar-refractivity contribution is -0.120. The van der Waals surface area contributed by atoms with Gasteiger partial charge in [-0.2, -0.15) is 5.10 Å². The van der Waals surface area contributed by atoms with Crippen LogP contribution in [0, 0.1) is 5.92 Å². The van der Waals surface area contributed by atoms with E-state index in [0.29, 0.717) is 6.04 Å². The van der Waals surface area contributed by atoms with E-state index in [1.165, 1.54) is 0 Å². The van der Waals surface area contributed by atoms with Crippen LogP contribution in [-0.2, 0) is 18.3 Å². The Hall–Kier alpha value is -1.36. The normalized spacial score (nSPS) is 23.3. The van der Waals surface area contributed by atoms with Gasteiger partial charge in [-0.15, -0.1) is 0 Å². The Balaban J connectivity index is 1.98. The first-order chi connectivity index (χ1) is 9.10. The van der Waals surface area contributed by atoms with Gasteiger partial charge < -0.3 is 10.6 Å². The largest absolute Gasteiger partial charge is 0.314 e. The third-order valence-electron chi connectivity index (χ3n) is 3.68. The molecule has 1 aliphatic heterocycles. The zero-order valence-electron chi connectivity index (χ0n) is 12.1. The molecule has 1 aromatic heterocycles. The lowest BCUT2D eigenvalue weighted by Crippen LogP contribution is -2.40. The minimum absolute atomic E-state index is 0.112. The van der Waals surface area contributed by atoms with Crippen LogP contribution >= 0.6 is 0 Å². The van der Waals surface area contributed by atoms with Gasteiger partial charge in [-0.3, -0.25) is 9.48 Å². The molecule has 1 amide bonds. The summed E-state index contributed by atoms with van der Waals surface area (Å²) in [6.45, 7) is 5.18. The van der Waals surface area contributed by atoms with E-state index in [9.17, 15) is 4.79 Å². The Labute approximate surface area is 114 Å². The zero-order chi connectivity index (χ0) is 13.8. The first kappa shape index (κ1) is 14.1. The molecule has 2 rings (SSSR count). The number of hydrogen-bond donors (Lipinski definition) is 2.